The molecule has 0 fully saturated rings. The summed E-state index contributed by atoms with van der Waals surface area (Å²) < 4.78 is 39.4. The molecule has 0 bridgehead atoms. The van der Waals surface area contributed by atoms with Crippen molar-refractivity contribution in [2.45, 2.75) is 38.6 Å². The number of ether oxygens (including phenoxy) is 2. The Morgan fingerprint density at radius 1 is 0.971 bits per heavy atom. The lowest BCUT2D eigenvalue weighted by molar-refractivity contribution is -0.120. The van der Waals surface area contributed by atoms with E-state index in [4.69, 9.17) is 9.47 Å². The summed E-state index contributed by atoms with van der Waals surface area (Å²) in [6, 6.07) is 18.9. The molecule has 1 amide bonds. The van der Waals surface area contributed by atoms with E-state index in [1.807, 2.05) is 58.0 Å². The van der Waals surface area contributed by atoms with Gasteiger partial charge < -0.3 is 14.8 Å². The van der Waals surface area contributed by atoms with E-state index in [0.717, 1.165) is 26.7 Å². The first-order valence-electron chi connectivity index (χ1n) is 11.4. The predicted molar refractivity (Wildman–Crippen MR) is 138 cm³/mol. The largest absolute Gasteiger partial charge is 0.495 e. The average Bonchev–Trinajstić information content (AvgIpc) is 2.83. The minimum absolute atomic E-state index is 0.0963. The third-order valence-electron chi connectivity index (χ3n) is 5.57. The SMILES string of the molecule is CCOc1ccc([C@@H](C)NC(=O)CN(c2cc(C)ccc2OC)S(=O)(=O)c2ccc(C)cc2)cc1. The highest BCUT2D eigenvalue weighted by Crippen LogP contribution is 2.33. The Morgan fingerprint density at radius 3 is 2.20 bits per heavy atom. The molecule has 1 atom stereocenters. The molecule has 0 heterocycles. The summed E-state index contributed by atoms with van der Waals surface area (Å²) in [6.07, 6.45) is 0. The van der Waals surface area contributed by atoms with E-state index in [9.17, 15) is 13.2 Å². The van der Waals surface area contributed by atoms with E-state index in [0.29, 0.717) is 18.0 Å². The molecule has 7 nitrogen and oxygen atoms in total. The van der Waals surface area contributed by atoms with Crippen LogP contribution in [0.15, 0.2) is 71.6 Å². The lowest BCUT2D eigenvalue weighted by Crippen LogP contribution is -2.41. The molecule has 35 heavy (non-hydrogen) atoms. The molecule has 3 aromatic rings. The number of sulfonamides is 1. The molecule has 0 saturated carbocycles. The standard InChI is InChI=1S/C27H32N2O5S/c1-6-34-23-12-10-22(11-13-23)21(4)28-27(30)18-29(25-17-20(3)9-16-26(25)33-5)35(31,32)24-14-7-19(2)8-15-24/h7-17,21H,6,18H2,1-5H3,(H,28,30)/t21-/m1/s1. The molecule has 0 unspecified atom stereocenters. The number of methoxy groups -OCH3 is 1. The van der Waals surface area contributed by atoms with Crippen molar-refractivity contribution in [2.75, 3.05) is 24.6 Å². The zero-order chi connectivity index (χ0) is 25.6. The summed E-state index contributed by atoms with van der Waals surface area (Å²) >= 11 is 0. The van der Waals surface area contributed by atoms with Crippen LogP contribution < -0.4 is 19.1 Å². The third-order valence-corrected chi connectivity index (χ3v) is 7.34. The Bertz CT molecular complexity index is 1260. The summed E-state index contributed by atoms with van der Waals surface area (Å²) in [5.74, 6) is 0.668. The van der Waals surface area contributed by atoms with Crippen molar-refractivity contribution in [3.63, 3.8) is 0 Å². The molecule has 0 spiro atoms. The van der Waals surface area contributed by atoms with Gasteiger partial charge in [-0.25, -0.2) is 8.42 Å². The second-order valence-electron chi connectivity index (χ2n) is 8.29. The van der Waals surface area contributed by atoms with Gasteiger partial charge in [0.05, 0.1) is 30.3 Å². The first-order chi connectivity index (χ1) is 16.6. The molecule has 0 aliphatic rings. The summed E-state index contributed by atoms with van der Waals surface area (Å²) in [5.41, 5.74) is 2.96. The quantitative estimate of drug-likeness (QED) is 0.437. The second kappa shape index (κ2) is 11.3. The van der Waals surface area contributed by atoms with Gasteiger partial charge in [0.25, 0.3) is 10.0 Å². The molecule has 3 aromatic carbocycles. The number of carbonyl (C=O) groups excluding carboxylic acids is 1. The van der Waals surface area contributed by atoms with E-state index < -0.39 is 22.5 Å². The van der Waals surface area contributed by atoms with Crippen LogP contribution in [0.5, 0.6) is 11.5 Å². The van der Waals surface area contributed by atoms with Crippen molar-refractivity contribution in [1.82, 2.24) is 5.32 Å². The van der Waals surface area contributed by atoms with Crippen molar-refractivity contribution in [2.24, 2.45) is 0 Å². The van der Waals surface area contributed by atoms with Gasteiger partial charge in [0.2, 0.25) is 5.91 Å². The normalized spacial score (nSPS) is 12.0. The van der Waals surface area contributed by atoms with Crippen LogP contribution in [0.3, 0.4) is 0 Å². The van der Waals surface area contributed by atoms with Crippen molar-refractivity contribution in [1.29, 1.82) is 0 Å². The summed E-state index contributed by atoms with van der Waals surface area (Å²) in [5, 5.41) is 2.91. The number of rotatable bonds is 10. The fourth-order valence-corrected chi connectivity index (χ4v) is 5.08. The number of amides is 1. The summed E-state index contributed by atoms with van der Waals surface area (Å²) in [7, 11) is -2.58. The predicted octanol–water partition coefficient (Wildman–Crippen LogP) is 4.78. The highest BCUT2D eigenvalue weighted by molar-refractivity contribution is 7.92. The topological polar surface area (TPSA) is 84.9 Å². The number of carbonyl (C=O) groups is 1. The van der Waals surface area contributed by atoms with Crippen LogP contribution in [0.2, 0.25) is 0 Å². The number of aryl methyl sites for hydroxylation is 2. The van der Waals surface area contributed by atoms with Crippen LogP contribution in [-0.4, -0.2) is 34.6 Å². The smallest absolute Gasteiger partial charge is 0.264 e. The number of hydrogen-bond donors (Lipinski definition) is 1. The highest BCUT2D eigenvalue weighted by Gasteiger charge is 2.30. The number of nitrogens with one attached hydrogen (secondary N) is 1. The fourth-order valence-electron chi connectivity index (χ4n) is 3.65. The van der Waals surface area contributed by atoms with Crippen molar-refractivity contribution in [3.05, 3.63) is 83.4 Å². The maximum Gasteiger partial charge on any atom is 0.264 e. The first-order valence-corrected chi connectivity index (χ1v) is 12.9. The Kier molecular flexibility index (Phi) is 8.40. The van der Waals surface area contributed by atoms with Gasteiger partial charge in [0, 0.05) is 0 Å². The minimum Gasteiger partial charge on any atom is -0.495 e. The van der Waals surface area contributed by atoms with E-state index in [1.165, 1.54) is 7.11 Å². The molecule has 0 aromatic heterocycles. The van der Waals surface area contributed by atoms with Crippen molar-refractivity contribution < 1.29 is 22.7 Å². The lowest BCUT2D eigenvalue weighted by atomic mass is 10.1. The van der Waals surface area contributed by atoms with Crippen molar-refractivity contribution >= 4 is 21.6 Å². The summed E-state index contributed by atoms with van der Waals surface area (Å²) in [6.45, 7) is 7.66. The minimum atomic E-state index is -4.05. The molecule has 0 aliphatic carbocycles. The highest BCUT2D eigenvalue weighted by atomic mass is 32.2. The van der Waals surface area contributed by atoms with Crippen LogP contribution in [0, 0.1) is 13.8 Å². The van der Waals surface area contributed by atoms with Crippen molar-refractivity contribution in [3.8, 4) is 11.5 Å². The lowest BCUT2D eigenvalue weighted by Gasteiger charge is -2.27. The second-order valence-corrected chi connectivity index (χ2v) is 10.2. The molecule has 0 radical (unpaired) electrons. The molecular formula is C27H32N2O5S. The molecule has 3 rings (SSSR count). The first kappa shape index (κ1) is 26.1. The molecule has 0 aliphatic heterocycles. The van der Waals surface area contributed by atoms with E-state index in [1.54, 1.807) is 36.4 Å². The van der Waals surface area contributed by atoms with Gasteiger partial charge in [-0.15, -0.1) is 0 Å². The Morgan fingerprint density at radius 2 is 1.60 bits per heavy atom. The van der Waals surface area contributed by atoms with E-state index >= 15 is 0 Å². The molecule has 1 N–H and O–H groups in total. The Hall–Kier alpha value is -3.52. The van der Waals surface area contributed by atoms with Gasteiger partial charge >= 0.3 is 0 Å². The Labute approximate surface area is 207 Å². The fraction of sp³-hybridized carbons (Fsp3) is 0.296. The number of benzene rings is 3. The average molecular weight is 497 g/mol. The van der Waals surface area contributed by atoms with Gasteiger partial charge in [-0.05, 0) is 75.2 Å². The molecular weight excluding hydrogens is 464 g/mol. The number of hydrogen-bond acceptors (Lipinski definition) is 5. The molecule has 8 heteroatoms. The van der Waals surface area contributed by atoms with Gasteiger partial charge in [-0.3, -0.25) is 9.10 Å². The van der Waals surface area contributed by atoms with Crippen LogP contribution >= 0.6 is 0 Å². The molecule has 186 valence electrons. The number of nitrogens with zero attached hydrogens (tertiary/aromatic N) is 1. The monoisotopic (exact) mass is 496 g/mol. The van der Waals surface area contributed by atoms with Crippen LogP contribution in [-0.2, 0) is 14.8 Å². The van der Waals surface area contributed by atoms with Gasteiger partial charge in [0.1, 0.15) is 18.0 Å². The number of anilines is 1. The molecule has 0 saturated heterocycles. The van der Waals surface area contributed by atoms with Crippen LogP contribution in [0.4, 0.5) is 5.69 Å². The van der Waals surface area contributed by atoms with Gasteiger partial charge in [-0.2, -0.15) is 0 Å². The third kappa shape index (κ3) is 6.33. The van der Waals surface area contributed by atoms with Gasteiger partial charge in [0.15, 0.2) is 0 Å². The van der Waals surface area contributed by atoms with Crippen LogP contribution in [0.1, 0.15) is 36.6 Å². The summed E-state index contributed by atoms with van der Waals surface area (Å²) in [4.78, 5) is 13.2. The zero-order valence-electron chi connectivity index (χ0n) is 20.7. The van der Waals surface area contributed by atoms with E-state index in [-0.39, 0.29) is 10.9 Å². The van der Waals surface area contributed by atoms with Gasteiger partial charge in [-0.1, -0.05) is 35.9 Å². The zero-order valence-corrected chi connectivity index (χ0v) is 21.6. The Balaban J connectivity index is 1.91. The van der Waals surface area contributed by atoms with E-state index in [2.05, 4.69) is 5.32 Å². The maximum absolute atomic E-state index is 13.7. The van der Waals surface area contributed by atoms with Crippen LogP contribution in [0.25, 0.3) is 0 Å². The maximum atomic E-state index is 13.7.